The van der Waals surface area contributed by atoms with Gasteiger partial charge in [0.1, 0.15) is 0 Å². The Morgan fingerprint density at radius 1 is 0.475 bits per heavy atom. The minimum Gasteiger partial charge on any atom is -0.481 e. The van der Waals surface area contributed by atoms with Crippen LogP contribution in [0.2, 0.25) is 0 Å². The minimum atomic E-state index is -0.665. The molecule has 4 aliphatic carbocycles. The number of carboxylic acid groups (broad SMARTS) is 4. The number of aliphatic carboxylic acids is 4. The van der Waals surface area contributed by atoms with Gasteiger partial charge in [-0.3, -0.25) is 19.2 Å². The highest BCUT2D eigenvalue weighted by molar-refractivity contribution is 5.79. The zero-order valence-corrected chi connectivity index (χ0v) is 38.0. The third-order valence-corrected chi connectivity index (χ3v) is 16.5. The fourth-order valence-electron chi connectivity index (χ4n) is 11.0. The maximum Gasteiger partial charge on any atom is 0.309 e. The molecule has 0 aromatic heterocycles. The molecule has 2 aromatic rings. The van der Waals surface area contributed by atoms with E-state index in [4.69, 9.17) is 0 Å². The summed E-state index contributed by atoms with van der Waals surface area (Å²) in [6.45, 7) is 8.84. The monoisotopic (exact) mass is 841 g/mol. The van der Waals surface area contributed by atoms with Gasteiger partial charge in [0.2, 0.25) is 0 Å². The van der Waals surface area contributed by atoms with Gasteiger partial charge in [-0.15, -0.1) is 0 Å². The van der Waals surface area contributed by atoms with Crippen LogP contribution in [0, 0.1) is 55.3 Å². The van der Waals surface area contributed by atoms with Crippen LogP contribution in [0.3, 0.4) is 0 Å². The lowest BCUT2D eigenvalue weighted by Crippen LogP contribution is -2.19. The maximum atomic E-state index is 13.0. The Morgan fingerprint density at radius 2 is 0.918 bits per heavy atom. The van der Waals surface area contributed by atoms with Crippen molar-refractivity contribution in [2.45, 2.75) is 207 Å². The van der Waals surface area contributed by atoms with Crippen molar-refractivity contribution in [1.29, 1.82) is 0 Å². The standard InChI is InChI=1S/C53H76O8/c1-36-21-22-41(45(20-12-7-15-25-52(31-32-52)48(58)59)43(36)18-10-6-14-24-51(29-30-51)47(56)57)34-42-35-53(42,49(60)61)26-16-8-11-19-44-39(4)38(3)37(2)33-40(44)17-9-5-13-23-50(27-28-50)46(54)55/h21-22,33,42H,5-20,23-32,34-35H2,1-4H3,(H,54,55)(H,56,57)(H,58,59)(H,60,61). The number of carbonyl (C=O) groups is 4. The first-order valence-corrected chi connectivity index (χ1v) is 24.2. The van der Waals surface area contributed by atoms with E-state index in [1.54, 1.807) is 0 Å². The lowest BCUT2D eigenvalue weighted by Gasteiger charge is -2.20. The number of hydrogen-bond donors (Lipinski definition) is 4. The maximum absolute atomic E-state index is 13.0. The predicted octanol–water partition coefficient (Wildman–Crippen LogP) is 12.3. The molecule has 0 bridgehead atoms. The number of benzene rings is 2. The fraction of sp³-hybridized carbons (Fsp3) is 0.698. The van der Waals surface area contributed by atoms with Crippen molar-refractivity contribution in [3.05, 3.63) is 68.3 Å². The third-order valence-electron chi connectivity index (χ3n) is 16.5. The summed E-state index contributed by atoms with van der Waals surface area (Å²) in [6.07, 6.45) is 25.1. The van der Waals surface area contributed by atoms with Crippen LogP contribution >= 0.6 is 0 Å². The van der Waals surface area contributed by atoms with Crippen molar-refractivity contribution in [3.63, 3.8) is 0 Å². The van der Waals surface area contributed by atoms with Gasteiger partial charge in [-0.2, -0.15) is 0 Å². The van der Waals surface area contributed by atoms with Crippen LogP contribution in [0.1, 0.15) is 198 Å². The Balaban J connectivity index is 1.03. The quantitative estimate of drug-likeness (QED) is 0.0568. The molecule has 4 aliphatic rings. The molecule has 4 fully saturated rings. The number of hydrogen-bond acceptors (Lipinski definition) is 4. The van der Waals surface area contributed by atoms with Gasteiger partial charge in [-0.1, -0.05) is 69.6 Å². The molecule has 2 unspecified atom stereocenters. The van der Waals surface area contributed by atoms with E-state index < -0.39 is 45.5 Å². The van der Waals surface area contributed by atoms with Crippen LogP contribution in [0.15, 0.2) is 18.2 Å². The SMILES string of the molecule is Cc1cc(CCCCCC2(C(=O)O)CC2)c(CCCCCC2(C(=O)O)CC2Cc2ccc(C)c(CCCCCC3(C(=O)O)CC3)c2CCCCCC2(C(=O)O)CC2)c(C)c1C. The summed E-state index contributed by atoms with van der Waals surface area (Å²) >= 11 is 0. The molecule has 336 valence electrons. The molecule has 2 aromatic carbocycles. The molecule has 61 heavy (non-hydrogen) atoms. The van der Waals surface area contributed by atoms with E-state index in [9.17, 15) is 39.6 Å². The third kappa shape index (κ3) is 11.3. The summed E-state index contributed by atoms with van der Waals surface area (Å²) in [5.74, 6) is -2.45. The normalized spacial score (nSPS) is 21.2. The number of rotatable bonds is 30. The molecule has 0 aliphatic heterocycles. The van der Waals surface area contributed by atoms with E-state index in [-0.39, 0.29) is 5.92 Å². The van der Waals surface area contributed by atoms with E-state index >= 15 is 0 Å². The molecule has 0 saturated heterocycles. The second kappa shape index (κ2) is 19.8. The predicted molar refractivity (Wildman–Crippen MR) is 240 cm³/mol. The Morgan fingerprint density at radius 3 is 1.38 bits per heavy atom. The Bertz CT molecular complexity index is 1910. The molecule has 8 nitrogen and oxygen atoms in total. The van der Waals surface area contributed by atoms with Crippen LogP contribution in [0.4, 0.5) is 0 Å². The molecule has 8 heteroatoms. The number of carboxylic acids is 4. The first kappa shape index (κ1) is 46.8. The van der Waals surface area contributed by atoms with E-state index in [1.807, 2.05) is 0 Å². The largest absolute Gasteiger partial charge is 0.481 e. The van der Waals surface area contributed by atoms with Gasteiger partial charge < -0.3 is 20.4 Å². The molecule has 0 heterocycles. The lowest BCUT2D eigenvalue weighted by atomic mass is 9.85. The fourth-order valence-corrected chi connectivity index (χ4v) is 11.0. The van der Waals surface area contributed by atoms with Gasteiger partial charge in [0.15, 0.2) is 0 Å². The molecular formula is C53H76O8. The summed E-state index contributed by atoms with van der Waals surface area (Å²) in [5, 5.41) is 39.5. The topological polar surface area (TPSA) is 149 Å². The van der Waals surface area contributed by atoms with Gasteiger partial charge >= 0.3 is 23.9 Å². The van der Waals surface area contributed by atoms with Crippen LogP contribution < -0.4 is 0 Å². The molecule has 0 amide bonds. The average molecular weight is 841 g/mol. The molecule has 4 saturated carbocycles. The Kier molecular flexibility index (Phi) is 15.2. The summed E-state index contributed by atoms with van der Waals surface area (Å²) in [4.78, 5) is 48.0. The van der Waals surface area contributed by atoms with Gasteiger partial charge in [0.05, 0.1) is 21.7 Å². The van der Waals surface area contributed by atoms with Gasteiger partial charge in [-0.05, 0) is 212 Å². The van der Waals surface area contributed by atoms with E-state index in [0.29, 0.717) is 6.42 Å². The zero-order chi connectivity index (χ0) is 44.0. The second-order valence-corrected chi connectivity index (χ2v) is 20.6. The van der Waals surface area contributed by atoms with Crippen molar-refractivity contribution < 1.29 is 39.6 Å². The summed E-state index contributed by atoms with van der Waals surface area (Å²) in [5.41, 5.74) is 10.2. The number of unbranched alkanes of at least 4 members (excludes halogenated alkanes) is 8. The van der Waals surface area contributed by atoms with Crippen molar-refractivity contribution in [2.75, 3.05) is 0 Å². The molecule has 0 spiro atoms. The highest BCUT2D eigenvalue weighted by atomic mass is 16.4. The minimum absolute atomic E-state index is 0.120. The Labute approximate surface area is 365 Å². The molecule has 0 radical (unpaired) electrons. The van der Waals surface area contributed by atoms with Crippen LogP contribution in [0.5, 0.6) is 0 Å². The first-order chi connectivity index (χ1) is 29.1. The summed E-state index contributed by atoms with van der Waals surface area (Å²) < 4.78 is 0. The average Bonchev–Trinajstić information content (AvgIpc) is 4.03. The van der Waals surface area contributed by atoms with Gasteiger partial charge in [-0.25, -0.2) is 0 Å². The molecular weight excluding hydrogens is 765 g/mol. The smallest absolute Gasteiger partial charge is 0.309 e. The van der Waals surface area contributed by atoms with Gasteiger partial charge in [0, 0.05) is 0 Å². The molecule has 4 N–H and O–H groups in total. The Hall–Kier alpha value is -3.68. The molecule has 6 rings (SSSR count). The van der Waals surface area contributed by atoms with Crippen molar-refractivity contribution in [3.8, 4) is 0 Å². The van der Waals surface area contributed by atoms with E-state index in [1.165, 1.54) is 50.1 Å². The van der Waals surface area contributed by atoms with Crippen LogP contribution in [0.25, 0.3) is 0 Å². The molecule has 2 atom stereocenters. The van der Waals surface area contributed by atoms with E-state index in [2.05, 4.69) is 45.9 Å². The van der Waals surface area contributed by atoms with Crippen LogP contribution in [-0.4, -0.2) is 44.3 Å². The van der Waals surface area contributed by atoms with Crippen molar-refractivity contribution in [2.24, 2.45) is 27.6 Å². The van der Waals surface area contributed by atoms with Crippen molar-refractivity contribution >= 4 is 23.9 Å². The summed E-state index contributed by atoms with van der Waals surface area (Å²) in [6, 6.07) is 6.83. The number of aryl methyl sites for hydroxylation is 3. The highest BCUT2D eigenvalue weighted by Gasteiger charge is 2.59. The summed E-state index contributed by atoms with van der Waals surface area (Å²) in [7, 11) is 0. The zero-order valence-electron chi connectivity index (χ0n) is 38.0. The van der Waals surface area contributed by atoms with Gasteiger partial charge in [0.25, 0.3) is 0 Å². The van der Waals surface area contributed by atoms with Crippen LogP contribution in [-0.2, 0) is 51.3 Å². The lowest BCUT2D eigenvalue weighted by molar-refractivity contribution is -0.145. The van der Waals surface area contributed by atoms with E-state index in [0.717, 1.165) is 173 Å². The second-order valence-electron chi connectivity index (χ2n) is 20.6. The highest BCUT2D eigenvalue weighted by Crippen LogP contribution is 2.58. The first-order valence-electron chi connectivity index (χ1n) is 24.2. The van der Waals surface area contributed by atoms with Crippen molar-refractivity contribution in [1.82, 2.24) is 0 Å².